The van der Waals surface area contributed by atoms with Crippen molar-refractivity contribution in [3.8, 4) is 0 Å². The van der Waals surface area contributed by atoms with Crippen LogP contribution in [0.1, 0.15) is 10.8 Å². The van der Waals surface area contributed by atoms with E-state index >= 15 is 0 Å². The number of hydrogen-bond donors (Lipinski definition) is 0. The Morgan fingerprint density at radius 3 is 2.18 bits per heavy atom. The molecule has 0 radical (unpaired) electrons. The molecule has 0 saturated heterocycles. The second-order valence-corrected chi connectivity index (χ2v) is 6.21. The van der Waals surface area contributed by atoms with Gasteiger partial charge in [0.25, 0.3) is 0 Å². The summed E-state index contributed by atoms with van der Waals surface area (Å²) >= 11 is 5.39. The third-order valence-corrected chi connectivity index (χ3v) is 3.67. The molecular formula is C8H4Cl2F4O2S. The van der Waals surface area contributed by atoms with E-state index < -0.39 is 31.9 Å². The van der Waals surface area contributed by atoms with Gasteiger partial charge in [-0.05, 0) is 18.2 Å². The number of alkyl halides is 3. The molecule has 0 saturated carbocycles. The quantitative estimate of drug-likeness (QED) is 0.617. The summed E-state index contributed by atoms with van der Waals surface area (Å²) in [6.07, 6.45) is -5.23. The van der Waals surface area contributed by atoms with Crippen LogP contribution in [0.5, 0.6) is 0 Å². The molecule has 2 nitrogen and oxygen atoms in total. The largest absolute Gasteiger partial charge is 0.410 e. The van der Waals surface area contributed by atoms with Crippen molar-refractivity contribution < 1.29 is 26.0 Å². The number of hydrogen-bond acceptors (Lipinski definition) is 2. The zero-order valence-electron chi connectivity index (χ0n) is 7.80. The summed E-state index contributed by atoms with van der Waals surface area (Å²) in [6, 6.07) is 2.21. The van der Waals surface area contributed by atoms with E-state index in [0.717, 1.165) is 6.07 Å². The fraction of sp³-hybridized carbons (Fsp3) is 0.250. The van der Waals surface area contributed by atoms with Crippen LogP contribution in [-0.4, -0.2) is 14.6 Å². The van der Waals surface area contributed by atoms with Gasteiger partial charge >= 0.3 is 6.18 Å². The van der Waals surface area contributed by atoms with Crippen LogP contribution in [0.2, 0.25) is 5.02 Å². The third-order valence-electron chi connectivity index (χ3n) is 1.82. The van der Waals surface area contributed by atoms with E-state index in [1.165, 1.54) is 0 Å². The number of rotatable bonds is 2. The Bertz CT molecular complexity index is 527. The van der Waals surface area contributed by atoms with Crippen molar-refractivity contribution in [1.82, 2.24) is 0 Å². The zero-order valence-corrected chi connectivity index (χ0v) is 10.1. The summed E-state index contributed by atoms with van der Waals surface area (Å²) in [5.74, 6) is -1.35. The maximum absolute atomic E-state index is 13.2. The molecule has 0 aliphatic rings. The molecule has 0 amide bonds. The normalized spacial score (nSPS) is 14.7. The van der Waals surface area contributed by atoms with Crippen LogP contribution in [0, 0.1) is 5.82 Å². The van der Waals surface area contributed by atoms with Crippen molar-refractivity contribution in [2.45, 2.75) is 11.4 Å². The Balaban J connectivity index is 3.49. The Labute approximate surface area is 104 Å². The minimum atomic E-state index is -5.23. The van der Waals surface area contributed by atoms with E-state index in [0.29, 0.717) is 12.1 Å². The SMILES string of the molecule is O=S(=O)(Cl)C(c1cc(Cl)ccc1F)C(F)(F)F. The van der Waals surface area contributed by atoms with Crippen molar-refractivity contribution >= 4 is 31.3 Å². The lowest BCUT2D eigenvalue weighted by atomic mass is 10.1. The van der Waals surface area contributed by atoms with Crippen LogP contribution >= 0.6 is 22.3 Å². The Morgan fingerprint density at radius 2 is 1.76 bits per heavy atom. The number of benzene rings is 1. The highest BCUT2D eigenvalue weighted by atomic mass is 35.7. The van der Waals surface area contributed by atoms with E-state index in [4.69, 9.17) is 11.6 Å². The highest BCUT2D eigenvalue weighted by Crippen LogP contribution is 2.42. The fourth-order valence-corrected chi connectivity index (χ4v) is 2.78. The first-order chi connectivity index (χ1) is 7.53. The summed E-state index contributed by atoms with van der Waals surface area (Å²) in [6.45, 7) is 0. The summed E-state index contributed by atoms with van der Waals surface area (Å²) in [4.78, 5) is 0. The van der Waals surface area contributed by atoms with Gasteiger partial charge in [-0.15, -0.1) is 0 Å². The first-order valence-corrected chi connectivity index (χ1v) is 6.73. The van der Waals surface area contributed by atoms with Gasteiger partial charge in [0.05, 0.1) is 0 Å². The molecule has 0 bridgehead atoms. The monoisotopic (exact) mass is 310 g/mol. The van der Waals surface area contributed by atoms with Gasteiger partial charge in [-0.25, -0.2) is 12.8 Å². The van der Waals surface area contributed by atoms with Crippen molar-refractivity contribution in [2.75, 3.05) is 0 Å². The van der Waals surface area contributed by atoms with E-state index in [1.54, 1.807) is 0 Å². The van der Waals surface area contributed by atoms with Gasteiger partial charge in [0.15, 0.2) is 5.25 Å². The van der Waals surface area contributed by atoms with Gasteiger partial charge < -0.3 is 0 Å². The molecule has 1 atom stereocenters. The highest BCUT2D eigenvalue weighted by molar-refractivity contribution is 8.14. The van der Waals surface area contributed by atoms with Crippen LogP contribution in [0.4, 0.5) is 17.6 Å². The van der Waals surface area contributed by atoms with Gasteiger partial charge in [0.2, 0.25) is 9.05 Å². The van der Waals surface area contributed by atoms with Crippen LogP contribution < -0.4 is 0 Å². The van der Waals surface area contributed by atoms with Gasteiger partial charge in [-0.1, -0.05) is 11.6 Å². The molecule has 1 aromatic carbocycles. The lowest BCUT2D eigenvalue weighted by Gasteiger charge is -2.18. The summed E-state index contributed by atoms with van der Waals surface area (Å²) in [7, 11) is -0.381. The molecule has 9 heteroatoms. The number of halogens is 6. The summed E-state index contributed by atoms with van der Waals surface area (Å²) in [5, 5.41) is -3.37. The first kappa shape index (κ1) is 14.5. The fourth-order valence-electron chi connectivity index (χ4n) is 1.20. The zero-order chi connectivity index (χ0) is 13.4. The molecule has 0 aromatic heterocycles. The first-order valence-electron chi connectivity index (χ1n) is 3.98. The Morgan fingerprint density at radius 1 is 1.24 bits per heavy atom. The molecular weight excluding hydrogens is 307 g/mol. The molecule has 17 heavy (non-hydrogen) atoms. The van der Waals surface area contributed by atoms with Gasteiger partial charge in [-0.3, -0.25) is 0 Å². The van der Waals surface area contributed by atoms with Gasteiger partial charge in [0, 0.05) is 21.3 Å². The lowest BCUT2D eigenvalue weighted by Crippen LogP contribution is -2.26. The molecule has 1 aromatic rings. The van der Waals surface area contributed by atoms with Crippen LogP contribution in [0.3, 0.4) is 0 Å². The smallest absolute Gasteiger partial charge is 0.211 e. The summed E-state index contributed by atoms with van der Waals surface area (Å²) in [5.41, 5.74) is -1.12. The molecule has 0 N–H and O–H groups in total. The van der Waals surface area contributed by atoms with Crippen molar-refractivity contribution in [3.63, 3.8) is 0 Å². The molecule has 0 heterocycles. The Kier molecular flexibility index (Phi) is 3.95. The molecule has 96 valence electrons. The van der Waals surface area contributed by atoms with E-state index in [1.807, 2.05) is 0 Å². The second-order valence-electron chi connectivity index (χ2n) is 3.06. The highest BCUT2D eigenvalue weighted by Gasteiger charge is 2.50. The minimum Gasteiger partial charge on any atom is -0.211 e. The van der Waals surface area contributed by atoms with Crippen LogP contribution in [0.15, 0.2) is 18.2 Å². The minimum absolute atomic E-state index is 0.226. The average Bonchev–Trinajstić information content (AvgIpc) is 2.06. The van der Waals surface area contributed by atoms with E-state index in [-0.39, 0.29) is 5.02 Å². The molecule has 1 rings (SSSR count). The topological polar surface area (TPSA) is 34.1 Å². The van der Waals surface area contributed by atoms with Crippen molar-refractivity contribution in [2.24, 2.45) is 0 Å². The molecule has 0 spiro atoms. The second kappa shape index (κ2) is 4.62. The molecule has 0 aliphatic heterocycles. The average molecular weight is 311 g/mol. The lowest BCUT2D eigenvalue weighted by molar-refractivity contribution is -0.131. The Hall–Kier alpha value is -0.530. The molecule has 0 fully saturated rings. The maximum Gasteiger partial charge on any atom is 0.410 e. The predicted molar refractivity (Wildman–Crippen MR) is 55.0 cm³/mol. The van der Waals surface area contributed by atoms with E-state index in [9.17, 15) is 26.0 Å². The van der Waals surface area contributed by atoms with Crippen molar-refractivity contribution in [1.29, 1.82) is 0 Å². The van der Waals surface area contributed by atoms with Crippen LogP contribution in [-0.2, 0) is 9.05 Å². The summed E-state index contributed by atoms with van der Waals surface area (Å²) < 4.78 is 72.6. The third kappa shape index (κ3) is 3.46. The van der Waals surface area contributed by atoms with Gasteiger partial charge in [0.1, 0.15) is 5.82 Å². The molecule has 1 unspecified atom stereocenters. The van der Waals surface area contributed by atoms with Gasteiger partial charge in [-0.2, -0.15) is 13.2 Å². The van der Waals surface area contributed by atoms with Crippen molar-refractivity contribution in [3.05, 3.63) is 34.6 Å². The maximum atomic E-state index is 13.2. The molecule has 0 aliphatic carbocycles. The standard InChI is InChI=1S/C8H4Cl2F4O2S/c9-4-1-2-6(11)5(3-4)7(8(12,13)14)17(10,15)16/h1-3,7H. The van der Waals surface area contributed by atoms with E-state index in [2.05, 4.69) is 10.7 Å². The predicted octanol–water partition coefficient (Wildman–Crippen LogP) is 3.65. The van der Waals surface area contributed by atoms with Crippen LogP contribution in [0.25, 0.3) is 0 Å².